The first-order chi connectivity index (χ1) is 6.66. The van der Waals surface area contributed by atoms with Gasteiger partial charge in [0, 0.05) is 0 Å². The van der Waals surface area contributed by atoms with E-state index >= 15 is 0 Å². The molecule has 1 aliphatic rings. The molecule has 1 aliphatic heterocycles. The maximum absolute atomic E-state index is 11.5. The molecule has 4 nitrogen and oxygen atoms in total. The van der Waals surface area contributed by atoms with Crippen LogP contribution in [0.25, 0.3) is 0 Å². The molecule has 0 radical (unpaired) electrons. The summed E-state index contributed by atoms with van der Waals surface area (Å²) >= 11 is 5.77. The summed E-state index contributed by atoms with van der Waals surface area (Å²) in [6.45, 7) is -0.622. The maximum Gasteiger partial charge on any atom is 0.264 e. The first-order valence-electron chi connectivity index (χ1n) is 3.92. The molecule has 1 aromatic carbocycles. The minimum Gasteiger partial charge on any atom is -0.376 e. The topological polar surface area (TPSA) is 57.6 Å². The van der Waals surface area contributed by atoms with Gasteiger partial charge in [-0.05, 0) is 12.1 Å². The fourth-order valence-corrected chi connectivity index (χ4v) is 1.68. The predicted molar refractivity (Wildman–Crippen MR) is 49.0 cm³/mol. The third-order valence-corrected chi connectivity index (χ3v) is 2.40. The molecule has 0 saturated heterocycles. The van der Waals surface area contributed by atoms with E-state index < -0.39 is 18.5 Å². The Morgan fingerprint density at radius 1 is 1.29 bits per heavy atom. The second-order valence-corrected chi connectivity index (χ2v) is 3.25. The minimum absolute atomic E-state index is 0.174. The lowest BCUT2D eigenvalue weighted by atomic mass is 10.1. The summed E-state index contributed by atoms with van der Waals surface area (Å²) in [6, 6.07) is 4.64. The van der Waals surface area contributed by atoms with Crippen LogP contribution in [0.5, 0.6) is 0 Å². The second kappa shape index (κ2) is 3.08. The molecule has 1 heterocycles. The van der Waals surface area contributed by atoms with Gasteiger partial charge in [-0.3, -0.25) is 14.5 Å². The number of carbonyl (C=O) groups is 2. The quantitative estimate of drug-likeness (QED) is 0.702. The first kappa shape index (κ1) is 9.18. The van der Waals surface area contributed by atoms with E-state index in [4.69, 9.17) is 16.7 Å². The zero-order valence-electron chi connectivity index (χ0n) is 7.03. The summed E-state index contributed by atoms with van der Waals surface area (Å²) in [6.07, 6.45) is 0. The summed E-state index contributed by atoms with van der Waals surface area (Å²) in [4.78, 5) is 23.7. The Bertz CT molecular complexity index is 430. The lowest BCUT2D eigenvalue weighted by Gasteiger charge is -2.07. The van der Waals surface area contributed by atoms with E-state index in [1.54, 1.807) is 6.07 Å². The Kier molecular flexibility index (Phi) is 2.02. The second-order valence-electron chi connectivity index (χ2n) is 2.84. The highest BCUT2D eigenvalue weighted by atomic mass is 35.5. The third-order valence-electron chi connectivity index (χ3n) is 2.09. The molecule has 1 N–H and O–H groups in total. The Labute approximate surface area is 84.7 Å². The SMILES string of the molecule is O=C1c2cccc(Cl)c2C(=O)N1CO. The summed E-state index contributed by atoms with van der Waals surface area (Å²) in [5.74, 6) is -1.05. The van der Waals surface area contributed by atoms with E-state index in [0.29, 0.717) is 0 Å². The number of hydrogen-bond acceptors (Lipinski definition) is 3. The fraction of sp³-hybridized carbons (Fsp3) is 0.111. The van der Waals surface area contributed by atoms with Crippen LogP contribution in [-0.2, 0) is 0 Å². The van der Waals surface area contributed by atoms with E-state index in [-0.39, 0.29) is 16.1 Å². The number of benzene rings is 1. The Hall–Kier alpha value is -1.39. The van der Waals surface area contributed by atoms with Crippen LogP contribution in [0.1, 0.15) is 20.7 Å². The van der Waals surface area contributed by atoms with Gasteiger partial charge in [0.25, 0.3) is 11.8 Å². The molecule has 0 fully saturated rings. The number of aliphatic hydroxyl groups is 1. The van der Waals surface area contributed by atoms with Crippen LogP contribution < -0.4 is 0 Å². The van der Waals surface area contributed by atoms with Gasteiger partial charge in [0.2, 0.25) is 0 Å². The first-order valence-corrected chi connectivity index (χ1v) is 4.30. The molecule has 14 heavy (non-hydrogen) atoms. The molecule has 0 unspecified atom stereocenters. The Morgan fingerprint density at radius 3 is 2.57 bits per heavy atom. The highest BCUT2D eigenvalue weighted by molar-refractivity contribution is 6.37. The summed E-state index contributed by atoms with van der Waals surface area (Å²) < 4.78 is 0. The van der Waals surface area contributed by atoms with Gasteiger partial charge in [-0.1, -0.05) is 17.7 Å². The lowest BCUT2D eigenvalue weighted by molar-refractivity contribution is 0.0490. The van der Waals surface area contributed by atoms with Crippen LogP contribution in [0.3, 0.4) is 0 Å². The van der Waals surface area contributed by atoms with Gasteiger partial charge in [-0.25, -0.2) is 0 Å². The van der Waals surface area contributed by atoms with Crippen LogP contribution in [0, 0.1) is 0 Å². The molecule has 0 bridgehead atoms. The highest BCUT2D eigenvalue weighted by Gasteiger charge is 2.36. The largest absolute Gasteiger partial charge is 0.376 e. The Balaban J connectivity index is 2.64. The number of aliphatic hydroxyl groups excluding tert-OH is 1. The van der Waals surface area contributed by atoms with Crippen molar-refractivity contribution in [3.05, 3.63) is 34.3 Å². The van der Waals surface area contributed by atoms with Crippen molar-refractivity contribution in [1.29, 1.82) is 0 Å². The molecule has 0 spiro atoms. The summed E-state index contributed by atoms with van der Waals surface area (Å²) in [7, 11) is 0. The van der Waals surface area contributed by atoms with Crippen molar-refractivity contribution < 1.29 is 14.7 Å². The number of nitrogens with zero attached hydrogens (tertiary/aromatic N) is 1. The van der Waals surface area contributed by atoms with Gasteiger partial charge in [0.15, 0.2) is 0 Å². The Morgan fingerprint density at radius 2 is 2.00 bits per heavy atom. The number of fused-ring (bicyclic) bond motifs is 1. The van der Waals surface area contributed by atoms with Gasteiger partial charge in [0.05, 0.1) is 16.1 Å². The van der Waals surface area contributed by atoms with Crippen molar-refractivity contribution in [2.45, 2.75) is 0 Å². The van der Waals surface area contributed by atoms with Crippen LogP contribution in [0.2, 0.25) is 5.02 Å². The molecule has 72 valence electrons. The van der Waals surface area contributed by atoms with E-state index in [2.05, 4.69) is 0 Å². The average molecular weight is 212 g/mol. The number of halogens is 1. The van der Waals surface area contributed by atoms with Crippen molar-refractivity contribution >= 4 is 23.4 Å². The minimum atomic E-state index is -0.622. The molecular weight excluding hydrogens is 206 g/mol. The molecule has 0 atom stereocenters. The number of hydrogen-bond donors (Lipinski definition) is 1. The molecule has 0 aliphatic carbocycles. The smallest absolute Gasteiger partial charge is 0.264 e. The van der Waals surface area contributed by atoms with Crippen molar-refractivity contribution in [2.75, 3.05) is 6.73 Å². The van der Waals surface area contributed by atoms with Gasteiger partial charge in [0.1, 0.15) is 6.73 Å². The predicted octanol–water partition coefficient (Wildman–Crippen LogP) is 0.886. The van der Waals surface area contributed by atoms with Gasteiger partial charge in [-0.15, -0.1) is 0 Å². The zero-order chi connectivity index (χ0) is 10.3. The van der Waals surface area contributed by atoms with Crippen molar-refractivity contribution in [3.63, 3.8) is 0 Å². The molecule has 1 aromatic rings. The van der Waals surface area contributed by atoms with Crippen LogP contribution in [0.15, 0.2) is 18.2 Å². The summed E-state index contributed by atoms with van der Waals surface area (Å²) in [5, 5.41) is 9.04. The fourth-order valence-electron chi connectivity index (χ4n) is 1.42. The van der Waals surface area contributed by atoms with Crippen LogP contribution in [-0.4, -0.2) is 28.6 Å². The van der Waals surface area contributed by atoms with Gasteiger partial charge in [-0.2, -0.15) is 0 Å². The van der Waals surface area contributed by atoms with E-state index in [1.807, 2.05) is 0 Å². The normalized spacial score (nSPS) is 14.9. The number of rotatable bonds is 1. The molecule has 0 aromatic heterocycles. The van der Waals surface area contributed by atoms with Crippen molar-refractivity contribution in [1.82, 2.24) is 4.90 Å². The summed E-state index contributed by atoms with van der Waals surface area (Å²) in [5.41, 5.74) is 0.421. The number of carbonyl (C=O) groups excluding carboxylic acids is 2. The van der Waals surface area contributed by atoms with E-state index in [1.165, 1.54) is 12.1 Å². The van der Waals surface area contributed by atoms with Crippen LogP contribution in [0.4, 0.5) is 0 Å². The van der Waals surface area contributed by atoms with Crippen molar-refractivity contribution in [2.24, 2.45) is 0 Å². The molecule has 2 rings (SSSR count). The van der Waals surface area contributed by atoms with Gasteiger partial charge >= 0.3 is 0 Å². The highest BCUT2D eigenvalue weighted by Crippen LogP contribution is 2.28. The standard InChI is InChI=1S/C9H6ClNO3/c10-6-3-1-2-5-7(6)9(14)11(4-12)8(5)13/h1-3,12H,4H2. The average Bonchev–Trinajstić information content (AvgIpc) is 2.41. The number of amides is 2. The third kappa shape index (κ3) is 1.05. The van der Waals surface area contributed by atoms with E-state index in [0.717, 1.165) is 4.90 Å². The number of imide groups is 1. The maximum atomic E-state index is 11.5. The molecule has 2 amide bonds. The van der Waals surface area contributed by atoms with E-state index in [9.17, 15) is 9.59 Å². The molecule has 0 saturated carbocycles. The zero-order valence-corrected chi connectivity index (χ0v) is 7.78. The lowest BCUT2D eigenvalue weighted by Crippen LogP contribution is -2.30. The molecule has 5 heteroatoms. The molecular formula is C9H6ClNO3. The van der Waals surface area contributed by atoms with Crippen LogP contribution >= 0.6 is 11.6 Å². The van der Waals surface area contributed by atoms with Crippen molar-refractivity contribution in [3.8, 4) is 0 Å². The van der Waals surface area contributed by atoms with Gasteiger partial charge < -0.3 is 5.11 Å². The monoisotopic (exact) mass is 211 g/mol.